The molecule has 6 aliphatic rings. The fourth-order valence-electron chi connectivity index (χ4n) is 14.7. The maximum absolute atomic E-state index is 14.9. The molecule has 438 valence electrons. The van der Waals surface area contributed by atoms with Gasteiger partial charge in [-0.25, -0.2) is 14.4 Å². The molecule has 1 aromatic rings. The number of fused-ring (bicyclic) bond motifs is 3. The third kappa shape index (κ3) is 13.6. The van der Waals surface area contributed by atoms with Crippen molar-refractivity contribution >= 4 is 24.1 Å². The Morgan fingerprint density at radius 3 is 2.05 bits per heavy atom. The molecule has 1 N–H and O–H groups in total. The molecule has 0 aromatic heterocycles. The molecule has 3 aliphatic heterocycles. The van der Waals surface area contributed by atoms with Crippen molar-refractivity contribution in [3.8, 4) is 0 Å². The topological polar surface area (TPSA) is 181 Å². The van der Waals surface area contributed by atoms with Crippen molar-refractivity contribution in [1.29, 1.82) is 0 Å². The van der Waals surface area contributed by atoms with Gasteiger partial charge in [-0.1, -0.05) is 156 Å². The largest absolute Gasteiger partial charge is 0.509 e. The third-order valence-electron chi connectivity index (χ3n) is 18.3. The predicted molar refractivity (Wildman–Crippen MR) is 294 cm³/mol. The second-order valence-corrected chi connectivity index (χ2v) is 24.9. The van der Waals surface area contributed by atoms with Gasteiger partial charge in [0.2, 0.25) is 6.10 Å². The smallest absolute Gasteiger partial charge is 0.457 e. The Kier molecular flexibility index (Phi) is 21.6. The van der Waals surface area contributed by atoms with E-state index in [1.807, 2.05) is 41.5 Å². The first kappa shape index (κ1) is 61.8. The van der Waals surface area contributed by atoms with E-state index in [0.29, 0.717) is 24.0 Å². The van der Waals surface area contributed by atoms with Crippen LogP contribution >= 0.6 is 0 Å². The fourth-order valence-corrected chi connectivity index (χ4v) is 14.7. The number of rotatable bonds is 29. The summed E-state index contributed by atoms with van der Waals surface area (Å²) in [5.41, 5.74) is -3.99. The number of aliphatic hydroxyl groups is 1. The molecule has 2 unspecified atom stereocenters. The van der Waals surface area contributed by atoms with Crippen LogP contribution in [0.5, 0.6) is 0 Å². The first-order chi connectivity index (χ1) is 37.2. The normalized spacial score (nSPS) is 32.9. The molecule has 0 bridgehead atoms. The minimum Gasteiger partial charge on any atom is -0.457 e. The predicted octanol–water partition coefficient (Wildman–Crippen LogP) is 12.5. The molecule has 3 heterocycles. The molecular weight excluding hydrogens is 997 g/mol. The molecular formula is C63H96O15. The highest BCUT2D eigenvalue weighted by atomic mass is 16.8. The van der Waals surface area contributed by atoms with Gasteiger partial charge in [0.15, 0.2) is 18.2 Å². The molecule has 15 heteroatoms. The summed E-state index contributed by atoms with van der Waals surface area (Å²) in [6.07, 6.45) is 14.4. The third-order valence-corrected chi connectivity index (χ3v) is 18.3. The highest BCUT2D eigenvalue weighted by molar-refractivity contribution is 5.89. The number of carbonyl (C=O) groups is 4. The van der Waals surface area contributed by atoms with Gasteiger partial charge in [-0.05, 0) is 75.3 Å². The number of carbonyl (C=O) groups excluding carboxylic acids is 4. The lowest BCUT2D eigenvalue weighted by Gasteiger charge is -2.67. The molecule has 3 saturated heterocycles. The minimum absolute atomic E-state index is 0.00310. The standard InChI is InChI=1S/C63H96O15/c1-12-14-15-16-17-18-19-20-21-22-23-24-25-26-30-33-51-69-37-46(72-51)38-70-59(67)76-53(41(5)34-40(3)4)58(66)73-47-36-62(60(9,10)68)52(42(47)6)43(7)55-61(11)48(74-50(13-2)75-55)35-49-63(39-71-49,78-44(8)64)54(61)56(62)77-57(65)45-31-28-27-29-32-45/h13,27-29,31-32,40-41,43,46-51,53-56,68H,2,12,14-26,30,33-39H2,1,3-11H3/t41-,43-,46?,47-,48-,49+,50-,51?,53+,54-,55-,56-,61+,62-,63-/m0/s1. The average Bonchev–Trinajstić information content (AvgIpc) is 3.50. The SMILES string of the molecule is C=C[C@H]1O[C@H]2C[C@H]3OC[C@@]3(OC(C)=O)[C@H]3[C@H](OC(=O)c4ccccc4)[C@]4(C(C)(C)O)C[C@H](OC(=O)[C@H](OC(=O)OCC5COC(CCCCCCCCCCCCCCCCC)O5)[C@@H](C)CC(C)C)C(C)=C4[C@H](C)[C@H](O1)[C@]23C. The number of unbranched alkanes of at least 4 members (excludes halogenated alkanes) is 14. The van der Waals surface area contributed by atoms with Crippen LogP contribution in [0.3, 0.4) is 0 Å². The minimum atomic E-state index is -1.70. The lowest BCUT2D eigenvalue weighted by atomic mass is 9.49. The van der Waals surface area contributed by atoms with Crippen molar-refractivity contribution in [2.24, 2.45) is 34.5 Å². The van der Waals surface area contributed by atoms with Crippen molar-refractivity contribution in [3.63, 3.8) is 0 Å². The van der Waals surface area contributed by atoms with Gasteiger partial charge in [0.1, 0.15) is 31.0 Å². The van der Waals surface area contributed by atoms with Crippen molar-refractivity contribution in [2.75, 3.05) is 19.8 Å². The van der Waals surface area contributed by atoms with Crippen LogP contribution in [0.2, 0.25) is 0 Å². The summed E-state index contributed by atoms with van der Waals surface area (Å²) in [6.45, 7) is 22.9. The molecule has 5 fully saturated rings. The Labute approximate surface area is 465 Å². The maximum atomic E-state index is 14.9. The number of benzene rings is 1. The van der Waals surface area contributed by atoms with Crippen LogP contribution < -0.4 is 0 Å². The van der Waals surface area contributed by atoms with Crippen LogP contribution in [-0.4, -0.2) is 116 Å². The van der Waals surface area contributed by atoms with E-state index < -0.39 is 113 Å². The quantitative estimate of drug-likeness (QED) is 0.0346. The molecule has 0 radical (unpaired) electrons. The number of ether oxygens (including phenoxy) is 10. The van der Waals surface area contributed by atoms with Crippen LogP contribution in [0.15, 0.2) is 54.1 Å². The van der Waals surface area contributed by atoms with Gasteiger partial charge in [-0.3, -0.25) is 4.79 Å². The molecule has 15 nitrogen and oxygen atoms in total. The highest BCUT2D eigenvalue weighted by Gasteiger charge is 2.80. The Bertz CT molecular complexity index is 2190. The van der Waals surface area contributed by atoms with Crippen molar-refractivity contribution in [2.45, 2.75) is 258 Å². The van der Waals surface area contributed by atoms with Crippen LogP contribution in [0, 0.1) is 34.5 Å². The molecule has 3 aliphatic carbocycles. The fraction of sp³-hybridized carbons (Fsp3) is 0.778. The summed E-state index contributed by atoms with van der Waals surface area (Å²) in [4.78, 5) is 56.5. The van der Waals surface area contributed by atoms with E-state index in [2.05, 4.69) is 13.5 Å². The summed E-state index contributed by atoms with van der Waals surface area (Å²) in [6, 6.07) is 8.59. The van der Waals surface area contributed by atoms with E-state index >= 15 is 0 Å². The molecule has 0 amide bonds. The summed E-state index contributed by atoms with van der Waals surface area (Å²) >= 11 is 0. The molecule has 15 atom stereocenters. The zero-order valence-electron chi connectivity index (χ0n) is 48.9. The van der Waals surface area contributed by atoms with Gasteiger partial charge in [-0.2, -0.15) is 0 Å². The molecule has 7 rings (SSSR count). The van der Waals surface area contributed by atoms with Crippen molar-refractivity contribution in [3.05, 3.63) is 59.7 Å². The zero-order chi connectivity index (χ0) is 56.4. The van der Waals surface area contributed by atoms with Gasteiger partial charge in [-0.15, -0.1) is 0 Å². The Hall–Kier alpha value is -3.86. The molecule has 78 heavy (non-hydrogen) atoms. The molecule has 2 saturated carbocycles. The second-order valence-electron chi connectivity index (χ2n) is 24.9. The van der Waals surface area contributed by atoms with Gasteiger partial charge < -0.3 is 52.5 Å². The summed E-state index contributed by atoms with van der Waals surface area (Å²) in [5, 5.41) is 13.0. The van der Waals surface area contributed by atoms with E-state index in [-0.39, 0.29) is 44.0 Å². The van der Waals surface area contributed by atoms with E-state index in [9.17, 15) is 24.3 Å². The van der Waals surface area contributed by atoms with E-state index in [0.717, 1.165) is 19.3 Å². The van der Waals surface area contributed by atoms with Crippen LogP contribution in [0.1, 0.15) is 202 Å². The lowest BCUT2D eigenvalue weighted by molar-refractivity contribution is -0.391. The van der Waals surface area contributed by atoms with Gasteiger partial charge >= 0.3 is 24.1 Å². The highest BCUT2D eigenvalue weighted by Crippen LogP contribution is 2.70. The van der Waals surface area contributed by atoms with E-state index in [4.69, 9.17) is 47.4 Å². The van der Waals surface area contributed by atoms with Crippen LogP contribution in [0.25, 0.3) is 0 Å². The maximum Gasteiger partial charge on any atom is 0.509 e. The molecule has 0 spiro atoms. The van der Waals surface area contributed by atoms with Crippen LogP contribution in [-0.2, 0) is 57.0 Å². The number of hydrogen-bond donors (Lipinski definition) is 1. The lowest BCUT2D eigenvalue weighted by Crippen LogP contribution is -2.80. The summed E-state index contributed by atoms with van der Waals surface area (Å²) in [5.74, 6) is -3.76. The Balaban J connectivity index is 1.04. The van der Waals surface area contributed by atoms with E-state index in [1.165, 1.54) is 90.4 Å². The Morgan fingerprint density at radius 1 is 0.859 bits per heavy atom. The van der Waals surface area contributed by atoms with Gasteiger partial charge in [0.25, 0.3) is 0 Å². The second kappa shape index (κ2) is 27.3. The monoisotopic (exact) mass is 1090 g/mol. The number of hydrogen-bond acceptors (Lipinski definition) is 15. The van der Waals surface area contributed by atoms with Crippen LogP contribution in [0.4, 0.5) is 4.79 Å². The number of esters is 3. The Morgan fingerprint density at radius 2 is 1.49 bits per heavy atom. The first-order valence-corrected chi connectivity index (χ1v) is 30.0. The summed E-state index contributed by atoms with van der Waals surface area (Å²) in [7, 11) is 0. The molecule has 1 aromatic carbocycles. The van der Waals surface area contributed by atoms with Gasteiger partial charge in [0, 0.05) is 37.0 Å². The average molecular weight is 1090 g/mol. The van der Waals surface area contributed by atoms with Gasteiger partial charge in [0.05, 0.1) is 47.9 Å². The van der Waals surface area contributed by atoms with E-state index in [1.54, 1.807) is 50.3 Å². The first-order valence-electron chi connectivity index (χ1n) is 30.0. The summed E-state index contributed by atoms with van der Waals surface area (Å²) < 4.78 is 63.3. The van der Waals surface area contributed by atoms with Crippen molar-refractivity contribution < 1.29 is 71.7 Å². The van der Waals surface area contributed by atoms with Crippen molar-refractivity contribution in [1.82, 2.24) is 0 Å². The zero-order valence-corrected chi connectivity index (χ0v) is 48.9.